The van der Waals surface area contributed by atoms with Crippen LogP contribution in [0.1, 0.15) is 22.3 Å². The maximum absolute atomic E-state index is 12.5. The number of hydrogen-bond donors (Lipinski definition) is 1. The molecule has 1 N–H and O–H groups in total. The number of aromatic carboxylic acids is 1. The van der Waals surface area contributed by atoms with Crippen molar-refractivity contribution in [3.8, 4) is 33.9 Å². The van der Waals surface area contributed by atoms with Crippen LogP contribution >= 0.6 is 0 Å². The zero-order chi connectivity index (χ0) is 24.8. The summed E-state index contributed by atoms with van der Waals surface area (Å²) in [5, 5.41) is 9.35. The number of methoxy groups -OCH3 is 2. The van der Waals surface area contributed by atoms with E-state index in [1.807, 2.05) is 41.0 Å². The quantitative estimate of drug-likeness (QED) is 0.417. The van der Waals surface area contributed by atoms with E-state index in [1.165, 1.54) is 12.3 Å². The average Bonchev–Trinajstić information content (AvgIpc) is 2.86. The van der Waals surface area contributed by atoms with Crippen molar-refractivity contribution in [2.75, 3.05) is 40.6 Å². The van der Waals surface area contributed by atoms with Gasteiger partial charge in [-0.05, 0) is 41.8 Å². The molecule has 2 aromatic carbocycles. The van der Waals surface area contributed by atoms with E-state index in [9.17, 15) is 14.7 Å². The van der Waals surface area contributed by atoms with E-state index >= 15 is 0 Å². The Bertz CT molecular complexity index is 1250. The van der Waals surface area contributed by atoms with Crippen LogP contribution in [0.25, 0.3) is 22.4 Å². The molecule has 0 amide bonds. The molecule has 3 aromatic rings. The molecule has 1 aromatic heterocycles. The lowest BCUT2D eigenvalue weighted by atomic mass is 9.91. The smallest absolute Gasteiger partial charge is 0.341 e. The minimum Gasteiger partial charge on any atom is -0.493 e. The highest BCUT2D eigenvalue weighted by Gasteiger charge is 2.22. The largest absolute Gasteiger partial charge is 0.493 e. The van der Waals surface area contributed by atoms with Crippen LogP contribution in [0.3, 0.4) is 0 Å². The molecule has 1 aliphatic rings. The summed E-state index contributed by atoms with van der Waals surface area (Å²) in [4.78, 5) is 23.9. The molecule has 35 heavy (non-hydrogen) atoms. The summed E-state index contributed by atoms with van der Waals surface area (Å²) in [5.41, 5.74) is 3.74. The summed E-state index contributed by atoms with van der Waals surface area (Å²) >= 11 is 0. The first-order valence-corrected chi connectivity index (χ1v) is 11.5. The molecule has 0 saturated heterocycles. The van der Waals surface area contributed by atoms with E-state index in [0.29, 0.717) is 45.1 Å². The minimum atomic E-state index is -1.22. The molecule has 0 spiro atoms. The number of aromatic nitrogens is 1. The Morgan fingerprint density at radius 2 is 1.71 bits per heavy atom. The number of rotatable bonds is 11. The molecular formula is C27H29NO7. The lowest BCUT2D eigenvalue weighted by molar-refractivity contribution is 0.0694. The lowest BCUT2D eigenvalue weighted by Gasteiger charge is -2.25. The number of nitrogens with zero attached hydrogens (tertiary/aromatic N) is 1. The molecule has 8 nitrogen and oxygen atoms in total. The molecule has 0 fully saturated rings. The van der Waals surface area contributed by atoms with Crippen LogP contribution in [-0.4, -0.2) is 56.3 Å². The Morgan fingerprint density at radius 3 is 2.43 bits per heavy atom. The Hall–Kier alpha value is -3.62. The van der Waals surface area contributed by atoms with E-state index in [1.54, 1.807) is 14.2 Å². The maximum atomic E-state index is 12.5. The van der Waals surface area contributed by atoms with Crippen LogP contribution in [-0.2, 0) is 22.4 Å². The second-order valence-electron chi connectivity index (χ2n) is 8.25. The fourth-order valence-corrected chi connectivity index (χ4v) is 4.16. The van der Waals surface area contributed by atoms with Gasteiger partial charge in [0.1, 0.15) is 23.7 Å². The number of carboxylic acids is 1. The molecule has 0 unspecified atom stereocenters. The van der Waals surface area contributed by atoms with Crippen molar-refractivity contribution in [3.63, 3.8) is 0 Å². The molecule has 0 saturated carbocycles. The number of pyridine rings is 1. The number of ether oxygens (including phenoxy) is 4. The number of hydrogen-bond acceptors (Lipinski definition) is 6. The van der Waals surface area contributed by atoms with E-state index in [0.717, 1.165) is 40.2 Å². The molecule has 1 aliphatic heterocycles. The van der Waals surface area contributed by atoms with Crippen molar-refractivity contribution in [2.24, 2.45) is 0 Å². The van der Waals surface area contributed by atoms with Gasteiger partial charge in [-0.25, -0.2) is 4.79 Å². The number of benzene rings is 2. The SMILES string of the molecule is COCCCOc1cc2c(cc1-c1ccc(OCCOC)cc1)-c1cc(=O)c(C(=O)O)cn1CC2. The third kappa shape index (κ3) is 5.55. The Balaban J connectivity index is 1.74. The van der Waals surface area contributed by atoms with Crippen molar-refractivity contribution in [1.29, 1.82) is 0 Å². The monoisotopic (exact) mass is 479 g/mol. The Kier molecular flexibility index (Phi) is 7.84. The third-order valence-electron chi connectivity index (χ3n) is 5.93. The fourth-order valence-electron chi connectivity index (χ4n) is 4.16. The summed E-state index contributed by atoms with van der Waals surface area (Å²) in [6, 6.07) is 13.2. The van der Waals surface area contributed by atoms with Gasteiger partial charge in [0.15, 0.2) is 5.43 Å². The molecule has 0 atom stereocenters. The summed E-state index contributed by atoms with van der Waals surface area (Å²) in [7, 11) is 3.29. The first kappa shape index (κ1) is 24.5. The van der Waals surface area contributed by atoms with Crippen molar-refractivity contribution < 1.29 is 28.8 Å². The summed E-state index contributed by atoms with van der Waals surface area (Å²) < 4.78 is 23.8. The lowest BCUT2D eigenvalue weighted by Crippen LogP contribution is -2.22. The Morgan fingerprint density at radius 1 is 0.943 bits per heavy atom. The molecule has 0 bridgehead atoms. The number of aryl methyl sites for hydroxylation is 2. The van der Waals surface area contributed by atoms with Gasteiger partial charge in [0.2, 0.25) is 0 Å². The molecule has 2 heterocycles. The normalized spacial score (nSPS) is 12.1. The first-order valence-electron chi connectivity index (χ1n) is 11.5. The summed E-state index contributed by atoms with van der Waals surface area (Å²) in [6.07, 6.45) is 2.89. The first-order chi connectivity index (χ1) is 17.0. The molecule has 184 valence electrons. The van der Waals surface area contributed by atoms with Crippen LogP contribution in [0, 0.1) is 0 Å². The number of fused-ring (bicyclic) bond motifs is 3. The number of carbonyl (C=O) groups is 1. The molecular weight excluding hydrogens is 450 g/mol. The summed E-state index contributed by atoms with van der Waals surface area (Å²) in [6.45, 7) is 2.67. The van der Waals surface area contributed by atoms with E-state index in [-0.39, 0.29) is 5.56 Å². The standard InChI is InChI=1S/C27H29NO7/c1-32-10-3-11-35-26-14-19-8-9-28-17-23(27(30)31)25(29)16-24(28)21(19)15-22(26)18-4-6-20(7-5-18)34-13-12-33-2/h4-7,14-17H,3,8-13H2,1-2H3,(H,30,31). The van der Waals surface area contributed by atoms with Gasteiger partial charge in [0.25, 0.3) is 0 Å². The average molecular weight is 480 g/mol. The second-order valence-corrected chi connectivity index (χ2v) is 8.25. The van der Waals surface area contributed by atoms with Crippen molar-refractivity contribution >= 4 is 5.97 Å². The van der Waals surface area contributed by atoms with Crippen molar-refractivity contribution in [1.82, 2.24) is 4.57 Å². The topological polar surface area (TPSA) is 96.2 Å². The van der Waals surface area contributed by atoms with Gasteiger partial charge in [-0.3, -0.25) is 4.79 Å². The van der Waals surface area contributed by atoms with Crippen LogP contribution in [0.15, 0.2) is 53.5 Å². The highest BCUT2D eigenvalue weighted by molar-refractivity contribution is 5.88. The zero-order valence-corrected chi connectivity index (χ0v) is 19.9. The fraction of sp³-hybridized carbons (Fsp3) is 0.333. The van der Waals surface area contributed by atoms with Gasteiger partial charge in [-0.15, -0.1) is 0 Å². The van der Waals surface area contributed by atoms with E-state index in [4.69, 9.17) is 18.9 Å². The van der Waals surface area contributed by atoms with Crippen LogP contribution < -0.4 is 14.9 Å². The zero-order valence-electron chi connectivity index (χ0n) is 19.9. The van der Waals surface area contributed by atoms with Gasteiger partial charge in [0.05, 0.1) is 18.9 Å². The summed E-state index contributed by atoms with van der Waals surface area (Å²) in [5.74, 6) is 0.277. The van der Waals surface area contributed by atoms with Crippen molar-refractivity contribution in [3.05, 3.63) is 70.0 Å². The Labute approximate surface area is 203 Å². The highest BCUT2D eigenvalue weighted by Crippen LogP contribution is 2.39. The van der Waals surface area contributed by atoms with Crippen LogP contribution in [0.4, 0.5) is 0 Å². The van der Waals surface area contributed by atoms with Crippen LogP contribution in [0.5, 0.6) is 11.5 Å². The van der Waals surface area contributed by atoms with E-state index < -0.39 is 11.4 Å². The van der Waals surface area contributed by atoms with Gasteiger partial charge >= 0.3 is 5.97 Å². The molecule has 0 radical (unpaired) electrons. The maximum Gasteiger partial charge on any atom is 0.341 e. The predicted molar refractivity (Wildman–Crippen MR) is 132 cm³/mol. The van der Waals surface area contributed by atoms with Crippen molar-refractivity contribution in [2.45, 2.75) is 19.4 Å². The predicted octanol–water partition coefficient (Wildman–Crippen LogP) is 3.88. The van der Waals surface area contributed by atoms with Crippen LogP contribution in [0.2, 0.25) is 0 Å². The molecule has 0 aliphatic carbocycles. The molecule has 4 rings (SSSR count). The minimum absolute atomic E-state index is 0.223. The third-order valence-corrected chi connectivity index (χ3v) is 5.93. The van der Waals surface area contributed by atoms with Gasteiger partial charge in [-0.2, -0.15) is 0 Å². The van der Waals surface area contributed by atoms with E-state index in [2.05, 4.69) is 0 Å². The highest BCUT2D eigenvalue weighted by atomic mass is 16.5. The van der Waals surface area contributed by atoms with Gasteiger partial charge in [-0.1, -0.05) is 12.1 Å². The van der Waals surface area contributed by atoms with Gasteiger partial charge < -0.3 is 28.6 Å². The van der Waals surface area contributed by atoms with Gasteiger partial charge in [0, 0.05) is 57.2 Å². The second kappa shape index (κ2) is 11.2. The number of carboxylic acid groups (broad SMARTS) is 1. The molecule has 8 heteroatoms.